The molecule has 0 fully saturated rings. The minimum atomic E-state index is -0.327. The van der Waals surface area contributed by atoms with Gasteiger partial charge in [-0.2, -0.15) is 0 Å². The molecule has 2 rings (SSSR count). The lowest BCUT2D eigenvalue weighted by molar-refractivity contribution is 0.0953. The van der Waals surface area contributed by atoms with Crippen molar-refractivity contribution in [2.45, 2.75) is 33.6 Å². The van der Waals surface area contributed by atoms with Crippen molar-refractivity contribution in [3.8, 4) is 0 Å². The van der Waals surface area contributed by atoms with E-state index in [-0.39, 0.29) is 17.5 Å². The minimum Gasteiger partial charge on any atom is -0.352 e. The first kappa shape index (κ1) is 17.7. The predicted octanol–water partition coefficient (Wildman–Crippen LogP) is 3.48. The maximum Gasteiger partial charge on any atom is 0.274 e. The van der Waals surface area contributed by atoms with E-state index in [4.69, 9.17) is 0 Å². The Bertz CT molecular complexity index is 741. The smallest absolute Gasteiger partial charge is 0.274 e. The highest BCUT2D eigenvalue weighted by Crippen LogP contribution is 2.17. The van der Waals surface area contributed by atoms with Crippen LogP contribution >= 0.6 is 0 Å². The summed E-state index contributed by atoms with van der Waals surface area (Å²) < 4.78 is 0. The number of aromatic nitrogens is 1. The van der Waals surface area contributed by atoms with Crippen LogP contribution in [0.4, 0.5) is 5.69 Å². The molecule has 0 radical (unpaired) electrons. The van der Waals surface area contributed by atoms with Crippen LogP contribution in [0.5, 0.6) is 0 Å². The van der Waals surface area contributed by atoms with Crippen LogP contribution in [0.1, 0.15) is 51.7 Å². The van der Waals surface area contributed by atoms with Gasteiger partial charge in [0.05, 0.1) is 0 Å². The van der Waals surface area contributed by atoms with Crippen molar-refractivity contribution in [3.63, 3.8) is 0 Å². The van der Waals surface area contributed by atoms with Gasteiger partial charge >= 0.3 is 0 Å². The lowest BCUT2D eigenvalue weighted by Crippen LogP contribution is -2.25. The largest absolute Gasteiger partial charge is 0.352 e. The van der Waals surface area contributed by atoms with Crippen LogP contribution in [0, 0.1) is 13.8 Å². The summed E-state index contributed by atoms with van der Waals surface area (Å²) in [5.74, 6) is -0.515. The number of hydrogen-bond donors (Lipinski definition) is 2. The van der Waals surface area contributed by atoms with Gasteiger partial charge in [0, 0.05) is 24.0 Å². The molecule has 0 saturated carbocycles. The fraction of sp³-hybridized carbons (Fsp3) is 0.316. The van der Waals surface area contributed by atoms with Gasteiger partial charge in [-0.25, -0.2) is 0 Å². The van der Waals surface area contributed by atoms with Crippen LogP contribution in [0.25, 0.3) is 0 Å². The predicted molar refractivity (Wildman–Crippen MR) is 95.3 cm³/mol. The van der Waals surface area contributed by atoms with Crippen molar-refractivity contribution >= 4 is 17.5 Å². The van der Waals surface area contributed by atoms with Crippen LogP contribution in [-0.2, 0) is 0 Å². The Kier molecular flexibility index (Phi) is 6.07. The van der Waals surface area contributed by atoms with Crippen LogP contribution in [0.2, 0.25) is 0 Å². The summed E-state index contributed by atoms with van der Waals surface area (Å²) in [6.45, 7) is 6.59. The molecule has 126 valence electrons. The number of pyridine rings is 1. The SMILES string of the molecule is CCCCNC(=O)c1ccnc(C(=O)Nc2cc(C)ccc2C)c1. The van der Waals surface area contributed by atoms with E-state index in [2.05, 4.69) is 22.5 Å². The van der Waals surface area contributed by atoms with Crippen LogP contribution < -0.4 is 10.6 Å². The number of amides is 2. The molecule has 0 saturated heterocycles. The molecule has 1 aromatic heterocycles. The van der Waals surface area contributed by atoms with E-state index in [1.165, 1.54) is 12.3 Å². The first-order valence-corrected chi connectivity index (χ1v) is 8.14. The summed E-state index contributed by atoms with van der Waals surface area (Å²) in [6, 6.07) is 8.98. The van der Waals surface area contributed by atoms with Crippen LogP contribution in [0.15, 0.2) is 36.5 Å². The topological polar surface area (TPSA) is 71.1 Å². The second kappa shape index (κ2) is 8.24. The summed E-state index contributed by atoms with van der Waals surface area (Å²) in [5.41, 5.74) is 3.45. The second-order valence-corrected chi connectivity index (χ2v) is 5.81. The Morgan fingerprint density at radius 2 is 1.88 bits per heavy atom. The lowest BCUT2D eigenvalue weighted by Gasteiger charge is -2.10. The summed E-state index contributed by atoms with van der Waals surface area (Å²) in [7, 11) is 0. The number of nitrogens with zero attached hydrogens (tertiary/aromatic N) is 1. The van der Waals surface area contributed by atoms with Crippen molar-refractivity contribution in [1.82, 2.24) is 10.3 Å². The molecular weight excluding hydrogens is 302 g/mol. The molecule has 1 aromatic carbocycles. The zero-order valence-corrected chi connectivity index (χ0v) is 14.3. The van der Waals surface area contributed by atoms with Gasteiger partial charge in [0.1, 0.15) is 5.69 Å². The van der Waals surface area contributed by atoms with E-state index in [0.717, 1.165) is 29.7 Å². The minimum absolute atomic E-state index is 0.188. The molecule has 2 amide bonds. The molecule has 24 heavy (non-hydrogen) atoms. The van der Waals surface area contributed by atoms with Crippen LogP contribution in [-0.4, -0.2) is 23.3 Å². The maximum atomic E-state index is 12.4. The zero-order chi connectivity index (χ0) is 17.5. The number of anilines is 1. The van der Waals surface area contributed by atoms with E-state index in [9.17, 15) is 9.59 Å². The monoisotopic (exact) mass is 325 g/mol. The van der Waals surface area contributed by atoms with Crippen molar-refractivity contribution < 1.29 is 9.59 Å². The van der Waals surface area contributed by atoms with Gasteiger partial charge in [-0.1, -0.05) is 25.5 Å². The number of unbranched alkanes of at least 4 members (excludes halogenated alkanes) is 1. The fourth-order valence-electron chi connectivity index (χ4n) is 2.23. The molecule has 0 atom stereocenters. The highest BCUT2D eigenvalue weighted by atomic mass is 16.2. The first-order valence-electron chi connectivity index (χ1n) is 8.14. The molecule has 0 aliphatic carbocycles. The van der Waals surface area contributed by atoms with Crippen LogP contribution in [0.3, 0.4) is 0 Å². The lowest BCUT2D eigenvalue weighted by atomic mass is 10.1. The number of carbonyl (C=O) groups is 2. The maximum absolute atomic E-state index is 12.4. The van der Waals surface area contributed by atoms with E-state index in [0.29, 0.717) is 12.1 Å². The van der Waals surface area contributed by atoms with Gasteiger partial charge in [-0.15, -0.1) is 0 Å². The zero-order valence-electron chi connectivity index (χ0n) is 14.3. The summed E-state index contributed by atoms with van der Waals surface area (Å²) in [5, 5.41) is 5.69. The molecule has 5 heteroatoms. The van der Waals surface area contributed by atoms with Crippen molar-refractivity contribution in [2.75, 3.05) is 11.9 Å². The van der Waals surface area contributed by atoms with E-state index in [1.54, 1.807) is 6.07 Å². The highest BCUT2D eigenvalue weighted by molar-refractivity contribution is 6.05. The van der Waals surface area contributed by atoms with Gasteiger partial charge in [0.15, 0.2) is 0 Å². The Morgan fingerprint density at radius 1 is 1.08 bits per heavy atom. The molecule has 0 unspecified atom stereocenters. The quantitative estimate of drug-likeness (QED) is 0.799. The third kappa shape index (κ3) is 4.65. The average molecular weight is 325 g/mol. The Morgan fingerprint density at radius 3 is 2.62 bits per heavy atom. The summed E-state index contributed by atoms with van der Waals surface area (Å²) in [6.07, 6.45) is 3.42. The number of rotatable bonds is 6. The van der Waals surface area contributed by atoms with Gasteiger partial charge in [-0.05, 0) is 49.6 Å². The van der Waals surface area contributed by atoms with Gasteiger partial charge in [0.25, 0.3) is 11.8 Å². The first-order chi connectivity index (χ1) is 11.5. The van der Waals surface area contributed by atoms with E-state index < -0.39 is 0 Å². The molecule has 2 aromatic rings. The average Bonchev–Trinajstić information content (AvgIpc) is 2.58. The highest BCUT2D eigenvalue weighted by Gasteiger charge is 2.13. The summed E-state index contributed by atoms with van der Waals surface area (Å²) >= 11 is 0. The Hall–Kier alpha value is -2.69. The van der Waals surface area contributed by atoms with Gasteiger partial charge in [0.2, 0.25) is 0 Å². The number of hydrogen-bond acceptors (Lipinski definition) is 3. The van der Waals surface area contributed by atoms with Gasteiger partial charge < -0.3 is 10.6 Å². The second-order valence-electron chi connectivity index (χ2n) is 5.81. The molecule has 2 N–H and O–H groups in total. The Labute approximate surface area is 142 Å². The van der Waals surface area contributed by atoms with E-state index in [1.807, 2.05) is 32.0 Å². The van der Waals surface area contributed by atoms with Crippen molar-refractivity contribution in [2.24, 2.45) is 0 Å². The van der Waals surface area contributed by atoms with E-state index >= 15 is 0 Å². The number of aryl methyl sites for hydroxylation is 2. The third-order valence-corrected chi connectivity index (χ3v) is 3.71. The fourth-order valence-corrected chi connectivity index (χ4v) is 2.23. The molecular formula is C19H23N3O2. The molecule has 0 aliphatic heterocycles. The van der Waals surface area contributed by atoms with Gasteiger partial charge in [-0.3, -0.25) is 14.6 Å². The molecule has 0 bridgehead atoms. The van der Waals surface area contributed by atoms with Crippen molar-refractivity contribution in [1.29, 1.82) is 0 Å². The molecule has 5 nitrogen and oxygen atoms in total. The number of nitrogens with one attached hydrogen (secondary N) is 2. The number of benzene rings is 1. The van der Waals surface area contributed by atoms with Crippen molar-refractivity contribution in [3.05, 3.63) is 58.9 Å². The number of carbonyl (C=O) groups excluding carboxylic acids is 2. The molecule has 0 aliphatic rings. The Balaban J connectivity index is 2.11. The third-order valence-electron chi connectivity index (χ3n) is 3.71. The normalized spacial score (nSPS) is 10.3. The molecule has 0 spiro atoms. The standard InChI is InChI=1S/C19H23N3O2/c1-4-5-9-21-18(23)15-8-10-20-17(12-15)19(24)22-16-11-13(2)6-7-14(16)3/h6-8,10-12H,4-5,9H2,1-3H3,(H,21,23)(H,22,24). The summed E-state index contributed by atoms with van der Waals surface area (Å²) in [4.78, 5) is 28.6. The molecule has 1 heterocycles.